The maximum atomic E-state index is 4.29. The zero-order chi connectivity index (χ0) is 20.5. The van der Waals surface area contributed by atoms with Crippen molar-refractivity contribution in [2.24, 2.45) is 0 Å². The highest BCUT2D eigenvalue weighted by molar-refractivity contribution is 7.80. The lowest BCUT2D eigenvalue weighted by Crippen LogP contribution is -2.06. The fraction of sp³-hybridized carbons (Fsp3) is 0.333. The first kappa shape index (κ1) is 26.3. The Kier molecular flexibility index (Phi) is 16.7. The molecule has 0 fully saturated rings. The quantitative estimate of drug-likeness (QED) is 0.281. The average Bonchev–Trinajstić information content (AvgIpc) is 2.64. The second-order valence-corrected chi connectivity index (χ2v) is 6.07. The molecule has 0 aliphatic rings. The minimum Gasteiger partial charge on any atom is -0.381 e. The van der Waals surface area contributed by atoms with Crippen molar-refractivity contribution in [1.82, 2.24) is 0 Å². The van der Waals surface area contributed by atoms with Crippen LogP contribution < -0.4 is 5.32 Å². The molecule has 0 atom stereocenters. The van der Waals surface area contributed by atoms with Crippen molar-refractivity contribution in [2.45, 2.75) is 52.9 Å². The molecule has 0 saturated heterocycles. The number of anilines is 1. The van der Waals surface area contributed by atoms with Gasteiger partial charge in [-0.1, -0.05) is 57.2 Å². The molecule has 26 heavy (non-hydrogen) atoms. The average molecular weight is 372 g/mol. The van der Waals surface area contributed by atoms with E-state index in [1.54, 1.807) is 6.08 Å². The summed E-state index contributed by atoms with van der Waals surface area (Å²) in [6.45, 7) is 24.3. The summed E-state index contributed by atoms with van der Waals surface area (Å²) in [6, 6.07) is 8.01. The number of allylic oxidation sites excluding steroid dienone is 5. The third-order valence-electron chi connectivity index (χ3n) is 3.47. The highest BCUT2D eigenvalue weighted by Crippen LogP contribution is 2.18. The Hall–Kier alpha value is -1.93. The van der Waals surface area contributed by atoms with E-state index < -0.39 is 0 Å². The predicted octanol–water partition coefficient (Wildman–Crippen LogP) is 8.02. The van der Waals surface area contributed by atoms with Gasteiger partial charge in [0.2, 0.25) is 0 Å². The second kappa shape index (κ2) is 16.5. The van der Waals surface area contributed by atoms with E-state index in [9.17, 15) is 0 Å². The van der Waals surface area contributed by atoms with E-state index in [2.05, 4.69) is 57.6 Å². The molecule has 1 N–H and O–H groups in total. The minimum atomic E-state index is 0.746. The first-order valence-electron chi connectivity index (χ1n) is 9.18. The number of hydrogen-bond acceptors (Lipinski definition) is 2. The fourth-order valence-corrected chi connectivity index (χ4v) is 2.00. The molecule has 1 rings (SSSR count). The molecule has 0 heterocycles. The zero-order valence-corrected chi connectivity index (χ0v) is 18.4. The molecular weight excluding hydrogens is 334 g/mol. The van der Waals surface area contributed by atoms with Gasteiger partial charge in [-0.3, -0.25) is 0 Å². The molecule has 0 saturated carbocycles. The second-order valence-electron chi connectivity index (χ2n) is 5.55. The van der Waals surface area contributed by atoms with Crippen molar-refractivity contribution in [3.8, 4) is 0 Å². The molecule has 0 spiro atoms. The molecule has 0 aliphatic carbocycles. The normalized spacial score (nSPS) is 11.0. The van der Waals surface area contributed by atoms with Crippen LogP contribution in [0.25, 0.3) is 0 Å². The van der Waals surface area contributed by atoms with Gasteiger partial charge in [0.15, 0.2) is 0 Å². The predicted molar refractivity (Wildman–Crippen MR) is 125 cm³/mol. The van der Waals surface area contributed by atoms with Gasteiger partial charge in [0, 0.05) is 17.1 Å². The van der Waals surface area contributed by atoms with Crippen LogP contribution in [0.15, 0.2) is 89.4 Å². The molecule has 0 amide bonds. The maximum absolute atomic E-state index is 4.29. The van der Waals surface area contributed by atoms with E-state index in [0.29, 0.717) is 0 Å². The van der Waals surface area contributed by atoms with Crippen LogP contribution in [0.5, 0.6) is 0 Å². The Morgan fingerprint density at radius 1 is 1.12 bits per heavy atom. The Morgan fingerprint density at radius 2 is 1.62 bits per heavy atom. The van der Waals surface area contributed by atoms with Crippen LogP contribution in [0.1, 0.15) is 48.0 Å². The molecule has 0 bridgehead atoms. The fourth-order valence-electron chi connectivity index (χ4n) is 1.85. The zero-order valence-electron chi connectivity index (χ0n) is 17.5. The highest BCUT2D eigenvalue weighted by Gasteiger charge is 2.02. The van der Waals surface area contributed by atoms with Crippen molar-refractivity contribution < 1.29 is 0 Å². The van der Waals surface area contributed by atoms with Gasteiger partial charge in [-0.25, -0.2) is 0 Å². The molecule has 1 aromatic carbocycles. The van der Waals surface area contributed by atoms with Gasteiger partial charge in [0.05, 0.1) is 0 Å². The smallest absolute Gasteiger partial charge is 0.0403 e. The first-order chi connectivity index (χ1) is 12.4. The summed E-state index contributed by atoms with van der Waals surface area (Å²) in [5.41, 5.74) is 5.85. The summed E-state index contributed by atoms with van der Waals surface area (Å²) >= 11 is 4.29. The molecule has 0 aliphatic heterocycles. The van der Waals surface area contributed by atoms with Crippen molar-refractivity contribution in [3.63, 3.8) is 0 Å². The largest absolute Gasteiger partial charge is 0.381 e. The van der Waals surface area contributed by atoms with Crippen molar-refractivity contribution in [1.29, 1.82) is 0 Å². The minimum absolute atomic E-state index is 0.746. The van der Waals surface area contributed by atoms with Gasteiger partial charge in [-0.05, 0) is 68.7 Å². The monoisotopic (exact) mass is 371 g/mol. The maximum Gasteiger partial charge on any atom is 0.0403 e. The Morgan fingerprint density at radius 3 is 2.00 bits per heavy atom. The Balaban J connectivity index is 0. The summed E-state index contributed by atoms with van der Waals surface area (Å²) in [5, 5.41) is 3.42. The molecule has 0 aromatic heterocycles. The molecule has 0 radical (unpaired) electrons. The Labute approximate surface area is 167 Å². The van der Waals surface area contributed by atoms with Crippen molar-refractivity contribution in [2.75, 3.05) is 11.9 Å². The van der Waals surface area contributed by atoms with E-state index in [0.717, 1.165) is 29.1 Å². The van der Waals surface area contributed by atoms with Crippen molar-refractivity contribution in [3.05, 3.63) is 84.5 Å². The standard InChI is InChI=1S/C19H25NS.C3H6.C2H6/c1-6-15(5)16(7-2)12-17(14(3)4)13-20-18-8-10-19(21)11-9-18;1-3-2;1-2/h7-12,20-21H,2-3,6,13H2,1,4-5H3;3H,1H2,2H3;1-2H3/b16-15+,17-12+;;. The van der Waals surface area contributed by atoms with Crippen LogP contribution >= 0.6 is 12.6 Å². The van der Waals surface area contributed by atoms with Gasteiger partial charge < -0.3 is 5.32 Å². The topological polar surface area (TPSA) is 12.0 Å². The van der Waals surface area contributed by atoms with Crippen molar-refractivity contribution >= 4 is 18.3 Å². The summed E-state index contributed by atoms with van der Waals surface area (Å²) in [7, 11) is 0. The van der Waals surface area contributed by atoms with Gasteiger partial charge >= 0.3 is 0 Å². The first-order valence-corrected chi connectivity index (χ1v) is 9.62. The van der Waals surface area contributed by atoms with E-state index in [-0.39, 0.29) is 0 Å². The van der Waals surface area contributed by atoms with Gasteiger partial charge in [-0.2, -0.15) is 0 Å². The SMILES string of the molecule is C=CC.C=CC(/C=C(\CNc1ccc(S)cc1)C(=C)C)=C(/C)CC.CC. The number of nitrogens with one attached hydrogen (secondary N) is 1. The Bertz CT molecular complexity index is 604. The summed E-state index contributed by atoms with van der Waals surface area (Å²) < 4.78 is 0. The lowest BCUT2D eigenvalue weighted by Gasteiger charge is -2.12. The van der Waals surface area contributed by atoms with Crippen LogP contribution in [0, 0.1) is 0 Å². The van der Waals surface area contributed by atoms with Crippen LogP contribution in [0.2, 0.25) is 0 Å². The number of hydrogen-bond donors (Lipinski definition) is 2. The van der Waals surface area contributed by atoms with Gasteiger partial charge in [0.1, 0.15) is 0 Å². The number of thiol groups is 1. The summed E-state index contributed by atoms with van der Waals surface area (Å²) in [6.07, 6.45) is 6.86. The van der Waals surface area contributed by atoms with Gasteiger partial charge in [0.25, 0.3) is 0 Å². The third-order valence-corrected chi connectivity index (χ3v) is 3.77. The summed E-state index contributed by atoms with van der Waals surface area (Å²) in [4.78, 5) is 0.965. The molecule has 144 valence electrons. The van der Waals surface area contributed by atoms with Crippen LogP contribution in [0.3, 0.4) is 0 Å². The number of rotatable bonds is 7. The molecule has 1 nitrogen and oxygen atoms in total. The van der Waals surface area contributed by atoms with Gasteiger partial charge in [-0.15, -0.1) is 19.2 Å². The molecule has 1 aromatic rings. The lowest BCUT2D eigenvalue weighted by molar-refractivity contribution is 1.08. The van der Waals surface area contributed by atoms with E-state index in [4.69, 9.17) is 0 Å². The van der Waals surface area contributed by atoms with E-state index in [1.807, 2.05) is 58.0 Å². The third kappa shape index (κ3) is 11.6. The molecule has 2 heteroatoms. The molecule has 0 unspecified atom stereocenters. The number of benzene rings is 1. The van der Waals surface area contributed by atoms with E-state index >= 15 is 0 Å². The summed E-state index contributed by atoms with van der Waals surface area (Å²) in [5.74, 6) is 0. The van der Waals surface area contributed by atoms with Crippen LogP contribution in [-0.2, 0) is 0 Å². The van der Waals surface area contributed by atoms with Crippen LogP contribution in [0.4, 0.5) is 5.69 Å². The van der Waals surface area contributed by atoms with E-state index in [1.165, 1.54) is 16.7 Å². The lowest BCUT2D eigenvalue weighted by atomic mass is 10.0. The molecular formula is C24H37NS. The highest BCUT2D eigenvalue weighted by atomic mass is 32.1. The van der Waals surface area contributed by atoms with Crippen LogP contribution in [-0.4, -0.2) is 6.54 Å².